The quantitative estimate of drug-likeness (QED) is 0.649. The minimum absolute atomic E-state index is 0.0914. The van der Waals surface area contributed by atoms with Gasteiger partial charge in [0.05, 0.1) is 4.92 Å². The molecule has 4 nitrogen and oxygen atoms in total. The van der Waals surface area contributed by atoms with Crippen molar-refractivity contribution in [3.8, 4) is 0 Å². The van der Waals surface area contributed by atoms with Crippen LogP contribution in [0, 0.1) is 21.8 Å². The Kier molecular flexibility index (Phi) is 3.38. The fourth-order valence-electron chi connectivity index (χ4n) is 2.47. The van der Waals surface area contributed by atoms with E-state index in [1.54, 1.807) is 6.07 Å². The van der Waals surface area contributed by atoms with Crippen LogP contribution >= 0.6 is 0 Å². The Morgan fingerprint density at radius 3 is 2.82 bits per heavy atom. The molecule has 0 heterocycles. The minimum atomic E-state index is -0.711. The summed E-state index contributed by atoms with van der Waals surface area (Å²) in [5, 5.41) is 10.6. The van der Waals surface area contributed by atoms with Gasteiger partial charge in [0.25, 0.3) is 0 Å². The van der Waals surface area contributed by atoms with Crippen LogP contribution in [0.3, 0.4) is 0 Å². The average molecular weight is 238 g/mol. The van der Waals surface area contributed by atoms with Crippen molar-refractivity contribution in [2.75, 3.05) is 0 Å². The molecule has 0 spiro atoms. The Labute approximate surface area is 98.8 Å². The van der Waals surface area contributed by atoms with Crippen LogP contribution in [0.2, 0.25) is 0 Å². The Balaban J connectivity index is 2.21. The van der Waals surface area contributed by atoms with Gasteiger partial charge in [-0.15, -0.1) is 0 Å². The van der Waals surface area contributed by atoms with E-state index in [1.807, 2.05) is 0 Å². The van der Waals surface area contributed by atoms with Gasteiger partial charge in [0.15, 0.2) is 0 Å². The van der Waals surface area contributed by atoms with Gasteiger partial charge in [0.2, 0.25) is 5.82 Å². The van der Waals surface area contributed by atoms with Crippen LogP contribution < -0.4 is 5.73 Å². The van der Waals surface area contributed by atoms with Gasteiger partial charge in [-0.3, -0.25) is 10.1 Å². The average Bonchev–Trinajstić information content (AvgIpc) is 2.67. The molecule has 5 heteroatoms. The highest BCUT2D eigenvalue weighted by Crippen LogP contribution is 2.30. The number of halogens is 1. The molecule has 2 atom stereocenters. The second-order valence-corrected chi connectivity index (χ2v) is 4.57. The lowest BCUT2D eigenvalue weighted by atomic mass is 9.94. The highest BCUT2D eigenvalue weighted by molar-refractivity contribution is 5.37. The van der Waals surface area contributed by atoms with E-state index in [0.717, 1.165) is 19.3 Å². The zero-order valence-corrected chi connectivity index (χ0v) is 9.43. The lowest BCUT2D eigenvalue weighted by Crippen LogP contribution is -2.26. The summed E-state index contributed by atoms with van der Waals surface area (Å²) in [6.45, 7) is 0. The molecule has 1 fully saturated rings. The predicted molar refractivity (Wildman–Crippen MR) is 62.1 cm³/mol. The fraction of sp³-hybridized carbons (Fsp3) is 0.500. The summed E-state index contributed by atoms with van der Waals surface area (Å²) >= 11 is 0. The van der Waals surface area contributed by atoms with Gasteiger partial charge in [-0.25, -0.2) is 0 Å². The molecule has 1 aromatic carbocycles. The molecular formula is C12H15FN2O2. The zero-order chi connectivity index (χ0) is 12.4. The van der Waals surface area contributed by atoms with Crippen LogP contribution in [0.1, 0.15) is 24.8 Å². The summed E-state index contributed by atoms with van der Waals surface area (Å²) in [5.74, 6) is -0.469. The maximum atomic E-state index is 13.8. The van der Waals surface area contributed by atoms with Crippen molar-refractivity contribution in [1.82, 2.24) is 0 Å². The molecule has 1 aliphatic rings. The van der Waals surface area contributed by atoms with Crippen LogP contribution in [0.15, 0.2) is 18.2 Å². The monoisotopic (exact) mass is 238 g/mol. The van der Waals surface area contributed by atoms with Crippen LogP contribution in [-0.4, -0.2) is 11.0 Å². The molecule has 2 unspecified atom stereocenters. The van der Waals surface area contributed by atoms with Gasteiger partial charge in [-0.05, 0) is 30.7 Å². The van der Waals surface area contributed by atoms with Crippen LogP contribution in [0.25, 0.3) is 0 Å². The molecule has 1 saturated carbocycles. The third kappa shape index (κ3) is 2.44. The molecule has 1 aliphatic carbocycles. The van der Waals surface area contributed by atoms with Crippen LogP contribution in [0.4, 0.5) is 10.1 Å². The third-order valence-electron chi connectivity index (χ3n) is 3.45. The van der Waals surface area contributed by atoms with E-state index in [1.165, 1.54) is 12.1 Å². The lowest BCUT2D eigenvalue weighted by molar-refractivity contribution is -0.387. The van der Waals surface area contributed by atoms with Gasteiger partial charge < -0.3 is 5.73 Å². The van der Waals surface area contributed by atoms with Gasteiger partial charge in [-0.1, -0.05) is 18.6 Å². The van der Waals surface area contributed by atoms with Crippen LogP contribution in [-0.2, 0) is 6.42 Å². The lowest BCUT2D eigenvalue weighted by Gasteiger charge is -2.15. The smallest absolute Gasteiger partial charge is 0.305 e. The van der Waals surface area contributed by atoms with Gasteiger partial charge in [-0.2, -0.15) is 4.39 Å². The van der Waals surface area contributed by atoms with E-state index in [4.69, 9.17) is 5.73 Å². The molecular weight excluding hydrogens is 223 g/mol. The first-order valence-electron chi connectivity index (χ1n) is 5.77. The number of hydrogen-bond donors (Lipinski definition) is 1. The molecule has 0 aromatic heterocycles. The number of rotatable bonds is 3. The van der Waals surface area contributed by atoms with Crippen molar-refractivity contribution in [1.29, 1.82) is 0 Å². The van der Waals surface area contributed by atoms with E-state index < -0.39 is 16.4 Å². The summed E-state index contributed by atoms with van der Waals surface area (Å²) in [4.78, 5) is 9.93. The summed E-state index contributed by atoms with van der Waals surface area (Å²) < 4.78 is 13.8. The van der Waals surface area contributed by atoms with Crippen molar-refractivity contribution >= 4 is 5.69 Å². The topological polar surface area (TPSA) is 69.2 Å². The molecule has 17 heavy (non-hydrogen) atoms. The Hall–Kier alpha value is -1.49. The number of hydrogen-bond acceptors (Lipinski definition) is 3. The third-order valence-corrected chi connectivity index (χ3v) is 3.45. The van der Waals surface area contributed by atoms with E-state index in [0.29, 0.717) is 12.0 Å². The standard InChI is InChI=1S/C12H15FN2O2/c13-12-9(4-2-6-11(12)15(16)17)7-8-3-1-5-10(8)14/h2,4,6,8,10H,1,3,5,7,14H2. The highest BCUT2D eigenvalue weighted by atomic mass is 19.1. The fourth-order valence-corrected chi connectivity index (χ4v) is 2.47. The summed E-state index contributed by atoms with van der Waals surface area (Å²) in [7, 11) is 0. The predicted octanol–water partition coefficient (Wildman–Crippen LogP) is 2.40. The molecule has 0 saturated heterocycles. The van der Waals surface area contributed by atoms with Gasteiger partial charge in [0, 0.05) is 12.1 Å². The summed E-state index contributed by atoms with van der Waals surface area (Å²) in [6.07, 6.45) is 3.49. The maximum Gasteiger partial charge on any atom is 0.305 e. The zero-order valence-electron chi connectivity index (χ0n) is 9.43. The number of nitrogens with two attached hydrogens (primary N) is 1. The van der Waals surface area contributed by atoms with E-state index in [2.05, 4.69) is 0 Å². The van der Waals surface area contributed by atoms with Crippen molar-refractivity contribution in [2.45, 2.75) is 31.7 Å². The van der Waals surface area contributed by atoms with Crippen molar-refractivity contribution in [3.63, 3.8) is 0 Å². The van der Waals surface area contributed by atoms with E-state index >= 15 is 0 Å². The molecule has 92 valence electrons. The summed E-state index contributed by atoms with van der Waals surface area (Å²) in [5.41, 5.74) is 5.87. The van der Waals surface area contributed by atoms with Gasteiger partial charge >= 0.3 is 5.69 Å². The first kappa shape index (κ1) is 12.0. The Morgan fingerprint density at radius 1 is 1.47 bits per heavy atom. The first-order valence-corrected chi connectivity index (χ1v) is 5.77. The molecule has 2 N–H and O–H groups in total. The molecule has 2 rings (SSSR count). The van der Waals surface area contributed by atoms with Crippen molar-refractivity contribution < 1.29 is 9.31 Å². The first-order chi connectivity index (χ1) is 8.09. The molecule has 1 aromatic rings. The second-order valence-electron chi connectivity index (χ2n) is 4.57. The van der Waals surface area contributed by atoms with Crippen molar-refractivity contribution in [3.05, 3.63) is 39.7 Å². The van der Waals surface area contributed by atoms with Gasteiger partial charge in [0.1, 0.15) is 0 Å². The Bertz CT molecular complexity index is 437. The maximum absolute atomic E-state index is 13.8. The normalized spacial score (nSPS) is 23.9. The number of benzene rings is 1. The SMILES string of the molecule is NC1CCCC1Cc1cccc([N+](=O)[O-])c1F. The van der Waals surface area contributed by atoms with Crippen molar-refractivity contribution in [2.24, 2.45) is 11.7 Å². The summed E-state index contributed by atoms with van der Waals surface area (Å²) in [6, 6.07) is 4.41. The highest BCUT2D eigenvalue weighted by Gasteiger charge is 2.26. The van der Waals surface area contributed by atoms with Crippen LogP contribution in [0.5, 0.6) is 0 Å². The number of nitrogens with zero attached hydrogens (tertiary/aromatic N) is 1. The second kappa shape index (κ2) is 4.79. The Morgan fingerprint density at radius 2 is 2.24 bits per heavy atom. The minimum Gasteiger partial charge on any atom is -0.327 e. The molecule has 0 aliphatic heterocycles. The number of nitro benzene ring substituents is 1. The molecule has 0 bridgehead atoms. The molecule has 0 radical (unpaired) electrons. The molecule has 0 amide bonds. The number of nitro groups is 1. The largest absolute Gasteiger partial charge is 0.327 e. The van der Waals surface area contributed by atoms with E-state index in [9.17, 15) is 14.5 Å². The van der Waals surface area contributed by atoms with E-state index in [-0.39, 0.29) is 12.0 Å².